The fraction of sp³-hybridized carbons (Fsp3) is 0.667. The summed E-state index contributed by atoms with van der Waals surface area (Å²) in [6.45, 7) is 9.92. The van der Waals surface area contributed by atoms with E-state index in [1.807, 2.05) is 14.1 Å². The maximum atomic E-state index is 12.4. The van der Waals surface area contributed by atoms with E-state index in [9.17, 15) is 18.5 Å². The van der Waals surface area contributed by atoms with Crippen LogP contribution in [0.3, 0.4) is 0 Å². The van der Waals surface area contributed by atoms with Gasteiger partial charge in [0.2, 0.25) is 10.0 Å². The van der Waals surface area contributed by atoms with Gasteiger partial charge in [-0.15, -0.1) is 0 Å². The maximum Gasteiger partial charge on any atom is 0.293 e. The van der Waals surface area contributed by atoms with Crippen molar-refractivity contribution in [3.8, 4) is 0 Å². The van der Waals surface area contributed by atoms with Gasteiger partial charge in [-0.1, -0.05) is 13.8 Å². The van der Waals surface area contributed by atoms with Gasteiger partial charge in [0.05, 0.1) is 9.82 Å². The van der Waals surface area contributed by atoms with E-state index >= 15 is 0 Å². The molecule has 0 fully saturated rings. The van der Waals surface area contributed by atoms with Crippen LogP contribution in [0.4, 0.5) is 11.4 Å². The van der Waals surface area contributed by atoms with E-state index in [1.165, 1.54) is 12.1 Å². The summed E-state index contributed by atoms with van der Waals surface area (Å²) in [7, 11) is 0.0966. The molecule has 0 aromatic heterocycles. The second-order valence-electron chi connectivity index (χ2n) is 8.42. The van der Waals surface area contributed by atoms with Gasteiger partial charge in [0.25, 0.3) is 5.69 Å². The Balaban J connectivity index is 3.12. The van der Waals surface area contributed by atoms with Crippen LogP contribution < -0.4 is 10.0 Å². The van der Waals surface area contributed by atoms with Crippen molar-refractivity contribution < 1.29 is 13.3 Å². The van der Waals surface area contributed by atoms with E-state index in [2.05, 4.69) is 28.8 Å². The summed E-state index contributed by atoms with van der Waals surface area (Å²) >= 11 is 0. The van der Waals surface area contributed by atoms with E-state index in [4.69, 9.17) is 0 Å². The Labute approximate surface area is 162 Å². The van der Waals surface area contributed by atoms with Crippen molar-refractivity contribution in [1.82, 2.24) is 9.62 Å². The van der Waals surface area contributed by atoms with Crippen molar-refractivity contribution in [1.29, 1.82) is 0 Å². The zero-order valence-corrected chi connectivity index (χ0v) is 18.1. The lowest BCUT2D eigenvalue weighted by molar-refractivity contribution is -0.384. The van der Waals surface area contributed by atoms with Crippen molar-refractivity contribution >= 4 is 21.4 Å². The second kappa shape index (κ2) is 8.99. The summed E-state index contributed by atoms with van der Waals surface area (Å²) in [6, 6.07) is 4.15. The Bertz CT molecular complexity index is 755. The van der Waals surface area contributed by atoms with Crippen molar-refractivity contribution in [3.63, 3.8) is 0 Å². The molecule has 1 aromatic carbocycles. The highest BCUT2D eigenvalue weighted by Gasteiger charge is 2.26. The molecule has 0 bridgehead atoms. The molecule has 1 atom stereocenters. The van der Waals surface area contributed by atoms with Gasteiger partial charge in [-0.05, 0) is 59.3 Å². The van der Waals surface area contributed by atoms with Crippen molar-refractivity contribution in [3.05, 3.63) is 28.3 Å². The van der Waals surface area contributed by atoms with Gasteiger partial charge in [-0.25, -0.2) is 13.1 Å². The Kier molecular flexibility index (Phi) is 7.76. The molecule has 0 spiro atoms. The Hall–Kier alpha value is -1.71. The molecule has 0 radical (unpaired) electrons. The van der Waals surface area contributed by atoms with Gasteiger partial charge in [0, 0.05) is 24.2 Å². The van der Waals surface area contributed by atoms with Gasteiger partial charge in [0.1, 0.15) is 5.69 Å². The largest absolute Gasteiger partial charge is 0.378 e. The number of sulfonamides is 1. The van der Waals surface area contributed by atoms with Crippen LogP contribution in [0.25, 0.3) is 0 Å². The van der Waals surface area contributed by atoms with Gasteiger partial charge in [0.15, 0.2) is 0 Å². The van der Waals surface area contributed by atoms with Crippen LogP contribution in [0.2, 0.25) is 0 Å². The first-order chi connectivity index (χ1) is 12.2. The van der Waals surface area contributed by atoms with Crippen LogP contribution in [0.1, 0.15) is 41.0 Å². The predicted molar refractivity (Wildman–Crippen MR) is 109 cm³/mol. The van der Waals surface area contributed by atoms with Gasteiger partial charge >= 0.3 is 0 Å². The highest BCUT2D eigenvalue weighted by Crippen LogP contribution is 2.28. The molecular formula is C18H32N4O4S. The number of likely N-dealkylation sites (N-methyl/N-ethyl adjacent to an activating group) is 1. The Morgan fingerprint density at radius 1 is 1.22 bits per heavy atom. The van der Waals surface area contributed by atoms with Crippen LogP contribution in [-0.2, 0) is 10.0 Å². The molecule has 0 aliphatic carbocycles. The highest BCUT2D eigenvalue weighted by molar-refractivity contribution is 7.89. The minimum absolute atomic E-state index is 0.124. The SMILES string of the molecule is CC(C)C[C@@H](CNc1ccc(S(=O)(=O)NC(C)(C)C)cc1[N+](=O)[O-])N(C)C. The maximum absolute atomic E-state index is 12.4. The fourth-order valence-electron chi connectivity index (χ4n) is 2.69. The van der Waals surface area contributed by atoms with Crippen molar-refractivity contribution in [2.75, 3.05) is 26.0 Å². The zero-order chi connectivity index (χ0) is 21.0. The van der Waals surface area contributed by atoms with E-state index in [-0.39, 0.29) is 16.6 Å². The number of nitro benzene ring substituents is 1. The number of anilines is 1. The number of benzene rings is 1. The first-order valence-corrected chi connectivity index (χ1v) is 10.4. The first kappa shape index (κ1) is 23.3. The van der Waals surface area contributed by atoms with Gasteiger partial charge in [-0.2, -0.15) is 0 Å². The topological polar surface area (TPSA) is 105 Å². The summed E-state index contributed by atoms with van der Waals surface area (Å²) in [5.74, 6) is 0.491. The molecular weight excluding hydrogens is 368 g/mol. The van der Waals surface area contributed by atoms with Crippen LogP contribution >= 0.6 is 0 Å². The number of hydrogen-bond acceptors (Lipinski definition) is 6. The summed E-state index contributed by atoms with van der Waals surface area (Å²) < 4.78 is 27.4. The molecule has 0 amide bonds. The standard InChI is InChI=1S/C18H32N4O4S/c1-13(2)10-14(21(6)7)12-19-16-9-8-15(11-17(16)22(23)24)27(25,26)20-18(3,4)5/h8-9,11,13-14,19-20H,10,12H2,1-7H3/t14-/m0/s1. The average Bonchev–Trinajstić information content (AvgIpc) is 2.48. The van der Waals surface area contributed by atoms with Crippen molar-refractivity contribution in [2.24, 2.45) is 5.92 Å². The number of hydrogen-bond donors (Lipinski definition) is 2. The molecule has 9 heteroatoms. The molecule has 0 aliphatic rings. The molecule has 27 heavy (non-hydrogen) atoms. The van der Waals surface area contributed by atoms with Crippen LogP contribution in [0.5, 0.6) is 0 Å². The average molecular weight is 401 g/mol. The molecule has 2 N–H and O–H groups in total. The highest BCUT2D eigenvalue weighted by atomic mass is 32.2. The molecule has 0 heterocycles. The van der Waals surface area contributed by atoms with Crippen LogP contribution in [-0.4, -0.2) is 50.5 Å². The van der Waals surface area contributed by atoms with E-state index in [0.717, 1.165) is 12.5 Å². The summed E-state index contributed by atoms with van der Waals surface area (Å²) in [5, 5.41) is 14.6. The van der Waals surface area contributed by atoms with E-state index in [0.29, 0.717) is 18.2 Å². The lowest BCUT2D eigenvalue weighted by Crippen LogP contribution is -2.40. The third-order valence-electron chi connectivity index (χ3n) is 3.92. The molecule has 0 saturated carbocycles. The minimum atomic E-state index is -3.84. The Morgan fingerprint density at radius 3 is 2.26 bits per heavy atom. The molecule has 0 aliphatic heterocycles. The third kappa shape index (κ3) is 7.43. The van der Waals surface area contributed by atoms with Gasteiger partial charge < -0.3 is 10.2 Å². The predicted octanol–water partition coefficient (Wildman–Crippen LogP) is 3.06. The third-order valence-corrected chi connectivity index (χ3v) is 5.67. The number of nitrogens with zero attached hydrogens (tertiary/aromatic N) is 2. The Morgan fingerprint density at radius 2 is 1.81 bits per heavy atom. The zero-order valence-electron chi connectivity index (χ0n) is 17.2. The lowest BCUT2D eigenvalue weighted by Gasteiger charge is -2.26. The summed E-state index contributed by atoms with van der Waals surface area (Å²) in [6.07, 6.45) is 0.940. The van der Waals surface area contributed by atoms with Crippen molar-refractivity contribution in [2.45, 2.75) is 57.5 Å². The first-order valence-electron chi connectivity index (χ1n) is 8.95. The van der Waals surface area contributed by atoms with Crippen LogP contribution in [0.15, 0.2) is 23.1 Å². The lowest BCUT2D eigenvalue weighted by atomic mass is 10.0. The molecule has 0 unspecified atom stereocenters. The van der Waals surface area contributed by atoms with Crippen LogP contribution in [0, 0.1) is 16.0 Å². The molecule has 1 rings (SSSR count). The minimum Gasteiger partial charge on any atom is -0.378 e. The monoisotopic (exact) mass is 400 g/mol. The van der Waals surface area contributed by atoms with Gasteiger partial charge in [-0.3, -0.25) is 10.1 Å². The molecule has 1 aromatic rings. The molecule has 0 saturated heterocycles. The fourth-order valence-corrected chi connectivity index (χ4v) is 4.13. The quantitative estimate of drug-likeness (QED) is 0.488. The smallest absolute Gasteiger partial charge is 0.293 e. The summed E-state index contributed by atoms with van der Waals surface area (Å²) in [4.78, 5) is 12.9. The summed E-state index contributed by atoms with van der Waals surface area (Å²) in [5.41, 5.74) is -0.625. The molecule has 8 nitrogen and oxygen atoms in total. The van der Waals surface area contributed by atoms with E-state index < -0.39 is 20.5 Å². The number of rotatable bonds is 9. The van der Waals surface area contributed by atoms with E-state index in [1.54, 1.807) is 20.8 Å². The number of nitro groups is 1. The second-order valence-corrected chi connectivity index (χ2v) is 10.1. The normalized spacial score (nSPS) is 13.8. The molecule has 154 valence electrons. The number of nitrogens with one attached hydrogen (secondary N) is 2.